The number of halogens is 4. The molecule has 0 radical (unpaired) electrons. The van der Waals surface area contributed by atoms with Gasteiger partial charge in [0.1, 0.15) is 17.3 Å². The van der Waals surface area contributed by atoms with Crippen molar-refractivity contribution in [2.75, 3.05) is 30.0 Å². The van der Waals surface area contributed by atoms with Crippen molar-refractivity contribution in [3.8, 4) is 22.6 Å². The number of alkyl halides is 4. The fraction of sp³-hybridized carbons (Fsp3) is 0.400. The normalized spacial score (nSPS) is 15.5. The highest BCUT2D eigenvalue weighted by molar-refractivity contribution is 6.03. The van der Waals surface area contributed by atoms with Crippen LogP contribution in [0.25, 0.3) is 11.1 Å². The number of carbonyl (C=O) groups is 1. The first-order valence-corrected chi connectivity index (χ1v) is 13.2. The largest absolute Gasteiger partial charge is 0.435 e. The van der Waals surface area contributed by atoms with E-state index in [2.05, 4.69) is 19.4 Å². The molecule has 41 heavy (non-hydrogen) atoms. The third-order valence-corrected chi connectivity index (χ3v) is 7.44. The van der Waals surface area contributed by atoms with Crippen LogP contribution >= 0.6 is 0 Å². The third-order valence-electron chi connectivity index (χ3n) is 7.44. The Kier molecular flexibility index (Phi) is 9.06. The number of rotatable bonds is 10. The van der Waals surface area contributed by atoms with Crippen molar-refractivity contribution < 1.29 is 36.9 Å². The second kappa shape index (κ2) is 12.3. The zero-order valence-corrected chi connectivity index (χ0v) is 23.3. The molecule has 2 aromatic carbocycles. The highest BCUT2D eigenvalue weighted by Gasteiger charge is 2.36. The summed E-state index contributed by atoms with van der Waals surface area (Å²) in [6, 6.07) is 12.9. The average Bonchev–Trinajstić information content (AvgIpc) is 3.40. The predicted octanol–water partition coefficient (Wildman–Crippen LogP) is 6.16. The topological polar surface area (TPSA) is 75.1 Å². The van der Waals surface area contributed by atoms with Crippen LogP contribution < -0.4 is 19.3 Å². The molecule has 0 spiro atoms. The minimum atomic E-state index is -3.20. The molecule has 1 aliphatic heterocycles. The number of pyridine rings is 1. The summed E-state index contributed by atoms with van der Waals surface area (Å²) >= 11 is 0. The Morgan fingerprint density at radius 1 is 1.07 bits per heavy atom. The summed E-state index contributed by atoms with van der Waals surface area (Å²) in [4.78, 5) is 22.1. The summed E-state index contributed by atoms with van der Waals surface area (Å²) in [7, 11) is 1.57. The smallest absolute Gasteiger partial charge is 0.387 e. The second-order valence-corrected chi connectivity index (χ2v) is 10.5. The van der Waals surface area contributed by atoms with Crippen molar-refractivity contribution in [2.24, 2.45) is 0 Å². The van der Waals surface area contributed by atoms with Crippen LogP contribution in [-0.2, 0) is 10.2 Å². The molecule has 1 fully saturated rings. The summed E-state index contributed by atoms with van der Waals surface area (Å²) < 4.78 is 60.8. The van der Waals surface area contributed by atoms with Gasteiger partial charge < -0.3 is 24.4 Å². The van der Waals surface area contributed by atoms with E-state index in [1.807, 2.05) is 37.3 Å². The van der Waals surface area contributed by atoms with Gasteiger partial charge in [-0.2, -0.15) is 17.6 Å². The predicted molar refractivity (Wildman–Crippen MR) is 148 cm³/mol. The molecule has 1 amide bonds. The van der Waals surface area contributed by atoms with Crippen LogP contribution in [-0.4, -0.2) is 55.5 Å². The number of aromatic nitrogens is 1. The van der Waals surface area contributed by atoms with Crippen LogP contribution in [0.5, 0.6) is 11.5 Å². The fourth-order valence-electron chi connectivity index (χ4n) is 5.21. The molecule has 1 aliphatic rings. The third kappa shape index (κ3) is 6.56. The molecular weight excluding hydrogens is 542 g/mol. The number of aliphatic hydroxyl groups excluding tert-OH is 1. The number of benzene rings is 2. The van der Waals surface area contributed by atoms with E-state index in [0.29, 0.717) is 11.5 Å². The van der Waals surface area contributed by atoms with Crippen LogP contribution in [0.4, 0.5) is 29.1 Å². The molecule has 11 heteroatoms. The maximum atomic E-state index is 14.0. The molecule has 7 nitrogen and oxygen atoms in total. The molecule has 1 N–H and O–H groups in total. The number of aliphatic hydroxyl groups is 1. The van der Waals surface area contributed by atoms with Gasteiger partial charge in [-0.25, -0.2) is 4.98 Å². The maximum Gasteiger partial charge on any atom is 0.387 e. The van der Waals surface area contributed by atoms with Crippen molar-refractivity contribution >= 4 is 17.4 Å². The Bertz CT molecular complexity index is 1360. The lowest BCUT2D eigenvalue weighted by Gasteiger charge is -2.32. The van der Waals surface area contributed by atoms with Gasteiger partial charge in [-0.05, 0) is 68.5 Å². The zero-order valence-electron chi connectivity index (χ0n) is 23.3. The lowest BCUT2D eigenvalue weighted by atomic mass is 9.82. The van der Waals surface area contributed by atoms with Gasteiger partial charge in [-0.15, -0.1) is 0 Å². The quantitative estimate of drug-likeness (QED) is 0.292. The zero-order chi connectivity index (χ0) is 29.9. The molecular formula is C30H33F4N3O4. The van der Waals surface area contributed by atoms with Gasteiger partial charge in [0.25, 0.3) is 0 Å². The van der Waals surface area contributed by atoms with Gasteiger partial charge in [0.15, 0.2) is 0 Å². The number of amides is 1. The SMILES string of the molecule is Cc1ccccc1-c1cc(N2CCCC2CO)ncc1N(C)C(=O)C(C)(C)c1cc(OC(F)F)cc(OC(F)F)c1. The number of nitrogens with zero attached hydrogens (tertiary/aromatic N) is 3. The van der Waals surface area contributed by atoms with E-state index in [-0.39, 0.29) is 18.2 Å². The molecule has 0 bridgehead atoms. The van der Waals surface area contributed by atoms with Gasteiger partial charge in [0.05, 0.1) is 29.9 Å². The van der Waals surface area contributed by atoms with E-state index in [0.717, 1.165) is 42.1 Å². The van der Waals surface area contributed by atoms with Crippen LogP contribution in [0, 0.1) is 6.92 Å². The molecule has 1 unspecified atom stereocenters. The van der Waals surface area contributed by atoms with Crippen LogP contribution in [0.3, 0.4) is 0 Å². The maximum absolute atomic E-state index is 14.0. The van der Waals surface area contributed by atoms with E-state index in [9.17, 15) is 27.5 Å². The Morgan fingerprint density at radius 2 is 1.71 bits per heavy atom. The first kappa shape index (κ1) is 30.1. The van der Waals surface area contributed by atoms with Crippen LogP contribution in [0.15, 0.2) is 54.7 Å². The molecule has 1 aromatic heterocycles. The number of hydrogen-bond donors (Lipinski definition) is 1. The first-order chi connectivity index (χ1) is 19.4. The minimum Gasteiger partial charge on any atom is -0.435 e. The molecule has 1 saturated heterocycles. The molecule has 1 atom stereocenters. The second-order valence-electron chi connectivity index (χ2n) is 10.5. The Balaban J connectivity index is 1.77. The van der Waals surface area contributed by atoms with E-state index < -0.39 is 36.0 Å². The number of carbonyl (C=O) groups excluding carboxylic acids is 1. The fourth-order valence-corrected chi connectivity index (χ4v) is 5.21. The molecule has 220 valence electrons. The van der Waals surface area contributed by atoms with Crippen molar-refractivity contribution in [1.29, 1.82) is 0 Å². The van der Waals surface area contributed by atoms with Crippen LogP contribution in [0.2, 0.25) is 0 Å². The summed E-state index contributed by atoms with van der Waals surface area (Å²) in [5, 5.41) is 9.85. The number of likely N-dealkylation sites (N-methyl/N-ethyl adjacent to an activating group) is 1. The van der Waals surface area contributed by atoms with Crippen molar-refractivity contribution in [3.05, 3.63) is 65.9 Å². The summed E-state index contributed by atoms with van der Waals surface area (Å²) in [5.41, 5.74) is 1.84. The highest BCUT2D eigenvalue weighted by Crippen LogP contribution is 2.39. The average molecular weight is 576 g/mol. The lowest BCUT2D eigenvalue weighted by Crippen LogP contribution is -2.42. The summed E-state index contributed by atoms with van der Waals surface area (Å²) in [5.74, 6) is -0.595. The molecule has 0 aliphatic carbocycles. The lowest BCUT2D eigenvalue weighted by molar-refractivity contribution is -0.122. The standard InChI is InChI=1S/C30H33F4N3O4/c1-18-8-5-6-10-23(18)24-15-26(37-11-7-9-20(37)17-38)35-16-25(24)36(4)27(39)30(2,3)19-12-21(40-28(31)32)14-22(13-19)41-29(33)34/h5-6,8,10,12-16,20,28-29,38H,7,9,11,17H2,1-4H3. The monoisotopic (exact) mass is 575 g/mol. The van der Waals surface area contributed by atoms with E-state index >= 15 is 0 Å². The van der Waals surface area contributed by atoms with Gasteiger partial charge in [0.2, 0.25) is 5.91 Å². The van der Waals surface area contributed by atoms with E-state index in [4.69, 9.17) is 0 Å². The number of ether oxygens (including phenoxy) is 2. The van der Waals surface area contributed by atoms with Gasteiger partial charge in [-0.3, -0.25) is 4.79 Å². The Hall–Kier alpha value is -3.86. The van der Waals surface area contributed by atoms with Gasteiger partial charge in [-0.1, -0.05) is 24.3 Å². The first-order valence-electron chi connectivity index (χ1n) is 13.2. The van der Waals surface area contributed by atoms with Crippen molar-refractivity contribution in [1.82, 2.24) is 4.98 Å². The van der Waals surface area contributed by atoms with E-state index in [1.54, 1.807) is 27.1 Å². The molecule has 4 rings (SSSR count). The Morgan fingerprint density at radius 3 is 2.29 bits per heavy atom. The summed E-state index contributed by atoms with van der Waals surface area (Å²) in [6.45, 7) is -0.582. The van der Waals surface area contributed by atoms with Gasteiger partial charge >= 0.3 is 13.2 Å². The Labute approximate surface area is 236 Å². The van der Waals surface area contributed by atoms with Crippen molar-refractivity contribution in [2.45, 2.75) is 58.3 Å². The van der Waals surface area contributed by atoms with Crippen LogP contribution in [0.1, 0.15) is 37.8 Å². The number of hydrogen-bond acceptors (Lipinski definition) is 6. The molecule has 3 aromatic rings. The van der Waals surface area contributed by atoms with E-state index in [1.165, 1.54) is 17.0 Å². The van der Waals surface area contributed by atoms with Crippen molar-refractivity contribution in [3.63, 3.8) is 0 Å². The highest BCUT2D eigenvalue weighted by atomic mass is 19.3. The molecule has 2 heterocycles. The number of anilines is 2. The minimum absolute atomic E-state index is 0.00130. The number of aryl methyl sites for hydroxylation is 1. The molecule has 0 saturated carbocycles. The van der Waals surface area contributed by atoms with Gasteiger partial charge in [0, 0.05) is 25.2 Å². The summed E-state index contributed by atoms with van der Waals surface area (Å²) in [6.07, 6.45) is 3.36.